The summed E-state index contributed by atoms with van der Waals surface area (Å²) in [6.45, 7) is 10.5. The number of nitrogens with zero attached hydrogens (tertiary/aromatic N) is 6. The van der Waals surface area contributed by atoms with Gasteiger partial charge in [-0.2, -0.15) is 4.98 Å². The number of aryl methyl sites for hydroxylation is 2. The SMILES string of the molecule is Cc1cccc(C)c1-c1cc2nc(n1)NS(=O)(=O)c1cccc(c1)C(=O)N(Cc1nccc(N(C)C3CC4(CC4)C3)n1)[C@H](CC(C)(C)C)CO2. The molecule has 1 atom stereocenters. The Morgan fingerprint density at radius 3 is 2.42 bits per heavy atom. The van der Waals surface area contributed by atoms with Crippen molar-refractivity contribution >= 4 is 27.7 Å². The van der Waals surface area contributed by atoms with Gasteiger partial charge in [0.2, 0.25) is 11.8 Å². The lowest BCUT2D eigenvalue weighted by atomic mass is 9.76. The standard InChI is InChI=1S/C38H45N7O4S/c1-24-9-7-10-25(2)34(24)30-18-33-42-36(40-30)43-50(47,48)29-12-8-11-26(17-29)35(46)45(28(23-49-33)19-37(3,4)5)22-31-39-16-13-32(41-31)44(6)27-20-38(21-27)14-15-38/h7-13,16-18,27-28H,14-15,19-23H2,1-6H3,(H,40,42,43)/t28-/m1/s1. The smallest absolute Gasteiger partial charge is 0.264 e. The van der Waals surface area contributed by atoms with Gasteiger partial charge in [-0.15, -0.1) is 0 Å². The molecule has 1 amide bonds. The molecule has 3 heterocycles. The van der Waals surface area contributed by atoms with Gasteiger partial charge in [0.15, 0.2) is 0 Å². The lowest BCUT2D eigenvalue weighted by Crippen LogP contribution is -2.46. The van der Waals surface area contributed by atoms with E-state index in [1.807, 2.05) is 38.1 Å². The Balaban J connectivity index is 1.29. The second-order valence-corrected chi connectivity index (χ2v) is 17.2. The van der Waals surface area contributed by atoms with Crippen LogP contribution >= 0.6 is 0 Å². The van der Waals surface area contributed by atoms with E-state index in [4.69, 9.17) is 9.72 Å². The van der Waals surface area contributed by atoms with Crippen molar-refractivity contribution in [3.8, 4) is 17.1 Å². The van der Waals surface area contributed by atoms with Crippen LogP contribution in [-0.4, -0.2) is 64.9 Å². The van der Waals surface area contributed by atoms with Gasteiger partial charge in [-0.25, -0.2) is 28.1 Å². The summed E-state index contributed by atoms with van der Waals surface area (Å²) in [6, 6.07) is 15.6. The molecule has 11 nitrogen and oxygen atoms in total. The first kappa shape index (κ1) is 33.9. The molecule has 1 aliphatic heterocycles. The van der Waals surface area contributed by atoms with Gasteiger partial charge in [-0.1, -0.05) is 45.0 Å². The van der Waals surface area contributed by atoms with Gasteiger partial charge >= 0.3 is 0 Å². The molecule has 0 radical (unpaired) electrons. The van der Waals surface area contributed by atoms with Crippen LogP contribution in [0.15, 0.2) is 65.7 Å². The monoisotopic (exact) mass is 695 g/mol. The van der Waals surface area contributed by atoms with Crippen LogP contribution in [0.25, 0.3) is 11.3 Å². The molecule has 2 aromatic heterocycles. The van der Waals surface area contributed by atoms with Crippen molar-refractivity contribution in [3.63, 3.8) is 0 Å². The van der Waals surface area contributed by atoms with Crippen LogP contribution < -0.4 is 14.4 Å². The molecule has 1 spiro atoms. The summed E-state index contributed by atoms with van der Waals surface area (Å²) in [5, 5.41) is 0. The Labute approximate surface area is 294 Å². The summed E-state index contributed by atoms with van der Waals surface area (Å²) in [5.74, 6) is 1.06. The Kier molecular flexibility index (Phi) is 8.56. The zero-order valence-corrected chi connectivity index (χ0v) is 30.4. The molecular formula is C38H45N7O4S. The van der Waals surface area contributed by atoms with Gasteiger partial charge in [-0.3, -0.25) is 4.79 Å². The molecule has 12 heteroatoms. The first-order valence-electron chi connectivity index (χ1n) is 17.3. The Morgan fingerprint density at radius 1 is 1.00 bits per heavy atom. The first-order chi connectivity index (χ1) is 23.7. The molecule has 262 valence electrons. The van der Waals surface area contributed by atoms with Crippen molar-refractivity contribution in [2.75, 3.05) is 23.3 Å². The predicted octanol–water partition coefficient (Wildman–Crippen LogP) is 6.57. The number of hydrogen-bond donors (Lipinski definition) is 1. The summed E-state index contributed by atoms with van der Waals surface area (Å²) in [7, 11) is -2.10. The number of aromatic nitrogens is 4. The largest absolute Gasteiger partial charge is 0.475 e. The minimum Gasteiger partial charge on any atom is -0.475 e. The Morgan fingerprint density at radius 2 is 1.72 bits per heavy atom. The number of benzene rings is 2. The number of nitrogens with one attached hydrogen (secondary N) is 1. The van der Waals surface area contributed by atoms with Crippen LogP contribution in [0.5, 0.6) is 5.88 Å². The van der Waals surface area contributed by atoms with Crippen LogP contribution in [0.2, 0.25) is 0 Å². The van der Waals surface area contributed by atoms with Crippen LogP contribution in [0.4, 0.5) is 11.8 Å². The molecular weight excluding hydrogens is 651 g/mol. The summed E-state index contributed by atoms with van der Waals surface area (Å²) < 4.78 is 36.4. The highest BCUT2D eigenvalue weighted by Gasteiger charge is 2.54. The van der Waals surface area contributed by atoms with Gasteiger partial charge in [0, 0.05) is 36.5 Å². The molecule has 2 saturated carbocycles. The second-order valence-electron chi connectivity index (χ2n) is 15.5. The van der Waals surface area contributed by atoms with Crippen molar-refractivity contribution in [3.05, 3.63) is 83.3 Å². The van der Waals surface area contributed by atoms with Crippen LogP contribution in [0, 0.1) is 24.7 Å². The van der Waals surface area contributed by atoms with E-state index in [2.05, 4.69) is 52.4 Å². The average molecular weight is 696 g/mol. The summed E-state index contributed by atoms with van der Waals surface area (Å²) in [6.07, 6.45) is 7.34. The van der Waals surface area contributed by atoms with Crippen molar-refractivity contribution in [2.24, 2.45) is 10.8 Å². The maximum Gasteiger partial charge on any atom is 0.264 e. The fraction of sp³-hybridized carbons (Fsp3) is 0.447. The van der Waals surface area contributed by atoms with E-state index in [1.165, 1.54) is 37.8 Å². The number of ether oxygens (including phenoxy) is 1. The number of sulfonamides is 1. The van der Waals surface area contributed by atoms with E-state index in [9.17, 15) is 13.2 Å². The van der Waals surface area contributed by atoms with E-state index in [0.29, 0.717) is 29.4 Å². The molecule has 4 aromatic rings. The normalized spacial score (nSPS) is 19.7. The second kappa shape index (κ2) is 12.6. The minimum atomic E-state index is -4.18. The minimum absolute atomic E-state index is 0.0766. The third kappa shape index (κ3) is 7.03. The molecule has 0 saturated heterocycles. The number of hydrogen-bond acceptors (Lipinski definition) is 9. The van der Waals surface area contributed by atoms with Crippen molar-refractivity contribution in [1.29, 1.82) is 0 Å². The van der Waals surface area contributed by atoms with Gasteiger partial charge in [0.1, 0.15) is 18.2 Å². The fourth-order valence-corrected chi connectivity index (χ4v) is 8.34. The van der Waals surface area contributed by atoms with Crippen molar-refractivity contribution in [2.45, 2.75) is 90.2 Å². The van der Waals surface area contributed by atoms with Gasteiger partial charge in [0.25, 0.3) is 15.9 Å². The lowest BCUT2D eigenvalue weighted by molar-refractivity contribution is 0.0505. The Hall–Kier alpha value is -4.58. The van der Waals surface area contributed by atoms with E-state index in [0.717, 1.165) is 22.5 Å². The van der Waals surface area contributed by atoms with Gasteiger partial charge in [0.05, 0.1) is 23.2 Å². The van der Waals surface area contributed by atoms with E-state index in [1.54, 1.807) is 29.3 Å². The van der Waals surface area contributed by atoms with E-state index >= 15 is 0 Å². The number of carbonyl (C=O) groups excluding carboxylic acids is 1. The molecule has 7 rings (SSSR count). The fourth-order valence-electron chi connectivity index (χ4n) is 7.35. The molecule has 2 fully saturated rings. The molecule has 0 unspecified atom stereocenters. The van der Waals surface area contributed by atoms with Crippen LogP contribution in [0.3, 0.4) is 0 Å². The first-order valence-corrected chi connectivity index (χ1v) is 18.7. The number of amides is 1. The quantitative estimate of drug-likeness (QED) is 0.238. The Bertz CT molecular complexity index is 2030. The molecule has 4 bridgehead atoms. The zero-order valence-electron chi connectivity index (χ0n) is 29.6. The molecule has 3 aliphatic rings. The van der Waals surface area contributed by atoms with E-state index < -0.39 is 16.1 Å². The molecule has 2 aromatic carbocycles. The van der Waals surface area contributed by atoms with Gasteiger partial charge in [-0.05, 0) is 92.2 Å². The maximum atomic E-state index is 14.5. The third-order valence-electron chi connectivity index (χ3n) is 10.2. The summed E-state index contributed by atoms with van der Waals surface area (Å²) in [4.78, 5) is 37.1. The van der Waals surface area contributed by atoms with Gasteiger partial charge < -0.3 is 14.5 Å². The molecule has 2 aliphatic carbocycles. The van der Waals surface area contributed by atoms with Crippen LogP contribution in [0.1, 0.15) is 80.2 Å². The number of rotatable bonds is 6. The highest BCUT2D eigenvalue weighted by Crippen LogP contribution is 2.61. The number of fused-ring (bicyclic) bond motifs is 4. The zero-order chi connectivity index (χ0) is 35.4. The van der Waals surface area contributed by atoms with Crippen LogP contribution in [-0.2, 0) is 16.6 Å². The highest BCUT2D eigenvalue weighted by atomic mass is 32.2. The summed E-state index contributed by atoms with van der Waals surface area (Å²) in [5.41, 5.74) is 3.95. The van der Waals surface area contributed by atoms with E-state index in [-0.39, 0.29) is 46.8 Å². The lowest BCUT2D eigenvalue weighted by Gasteiger charge is -2.42. The summed E-state index contributed by atoms with van der Waals surface area (Å²) >= 11 is 0. The van der Waals surface area contributed by atoms with Crippen molar-refractivity contribution < 1.29 is 17.9 Å². The predicted molar refractivity (Wildman–Crippen MR) is 193 cm³/mol. The third-order valence-corrected chi connectivity index (χ3v) is 11.6. The van der Waals surface area contributed by atoms with Crippen molar-refractivity contribution in [1.82, 2.24) is 24.8 Å². The average Bonchev–Trinajstić information content (AvgIpc) is 3.85. The molecule has 1 N–H and O–H groups in total. The number of carbonyl (C=O) groups is 1. The highest BCUT2D eigenvalue weighted by molar-refractivity contribution is 7.92. The topological polar surface area (TPSA) is 131 Å². The maximum absolute atomic E-state index is 14.5. The number of anilines is 2. The molecule has 50 heavy (non-hydrogen) atoms.